The smallest absolute Gasteiger partial charge is 0.242 e. The Bertz CT molecular complexity index is 833. The lowest BCUT2D eigenvalue weighted by Gasteiger charge is -2.29. The molecule has 0 saturated carbocycles. The molecule has 0 saturated heterocycles. The van der Waals surface area contributed by atoms with Gasteiger partial charge >= 0.3 is 0 Å². The lowest BCUT2D eigenvalue weighted by Crippen LogP contribution is -2.48. The van der Waals surface area contributed by atoms with E-state index in [0.717, 1.165) is 11.3 Å². The highest BCUT2D eigenvalue weighted by Crippen LogP contribution is 2.18. The molecule has 0 fully saturated rings. The third kappa shape index (κ3) is 7.52. The van der Waals surface area contributed by atoms with Crippen LogP contribution in [0.5, 0.6) is 0 Å². The molecule has 30 heavy (non-hydrogen) atoms. The van der Waals surface area contributed by atoms with Crippen LogP contribution in [-0.4, -0.2) is 35.1 Å². The van der Waals surface area contributed by atoms with E-state index in [2.05, 4.69) is 38.2 Å². The van der Waals surface area contributed by atoms with Crippen molar-refractivity contribution in [1.82, 2.24) is 10.2 Å². The first kappa shape index (κ1) is 24.0. The van der Waals surface area contributed by atoms with E-state index in [-0.39, 0.29) is 11.8 Å². The maximum Gasteiger partial charge on any atom is 0.242 e. The molecule has 1 atom stereocenters. The van der Waals surface area contributed by atoms with Crippen molar-refractivity contribution in [2.45, 2.75) is 53.0 Å². The highest BCUT2D eigenvalue weighted by molar-refractivity contribution is 7.99. The van der Waals surface area contributed by atoms with Crippen LogP contribution in [0, 0.1) is 19.8 Å². The summed E-state index contributed by atoms with van der Waals surface area (Å²) in [7, 11) is 0. The van der Waals surface area contributed by atoms with Crippen molar-refractivity contribution in [3.8, 4) is 0 Å². The van der Waals surface area contributed by atoms with Crippen molar-refractivity contribution >= 4 is 23.6 Å². The topological polar surface area (TPSA) is 49.4 Å². The molecule has 0 aliphatic heterocycles. The SMILES string of the molecule is Cc1ccc(CN(C(=O)CSCc2ccccc2C)[C@@H](C)C(=O)NCC(C)C)cc1. The van der Waals surface area contributed by atoms with E-state index in [1.54, 1.807) is 16.7 Å². The number of nitrogens with one attached hydrogen (secondary N) is 1. The molecule has 162 valence electrons. The number of hydrogen-bond acceptors (Lipinski definition) is 3. The van der Waals surface area contributed by atoms with E-state index in [4.69, 9.17) is 0 Å². The number of hydrogen-bond donors (Lipinski definition) is 1. The average molecular weight is 427 g/mol. The summed E-state index contributed by atoms with van der Waals surface area (Å²) in [5.74, 6) is 1.38. The van der Waals surface area contributed by atoms with E-state index >= 15 is 0 Å². The molecule has 0 aliphatic rings. The van der Waals surface area contributed by atoms with Crippen LogP contribution in [0.2, 0.25) is 0 Å². The number of amides is 2. The van der Waals surface area contributed by atoms with Crippen LogP contribution in [0.15, 0.2) is 48.5 Å². The van der Waals surface area contributed by atoms with E-state index in [9.17, 15) is 9.59 Å². The first-order valence-electron chi connectivity index (χ1n) is 10.5. The Kier molecular flexibility index (Phi) is 9.44. The summed E-state index contributed by atoms with van der Waals surface area (Å²) >= 11 is 1.59. The number of carbonyl (C=O) groups excluding carboxylic acids is 2. The standard InChI is InChI=1S/C25H34N2O2S/c1-18(2)14-26-25(29)21(5)27(15-22-12-10-19(3)11-13-22)24(28)17-30-16-23-9-7-6-8-20(23)4/h6-13,18,21H,14-17H2,1-5H3,(H,26,29)/t21-/m0/s1. The second-order valence-electron chi connectivity index (χ2n) is 8.24. The first-order chi connectivity index (χ1) is 14.3. The number of nitrogens with zero attached hydrogens (tertiary/aromatic N) is 1. The van der Waals surface area contributed by atoms with Gasteiger partial charge in [-0.25, -0.2) is 0 Å². The van der Waals surface area contributed by atoms with Gasteiger partial charge in [0.1, 0.15) is 6.04 Å². The zero-order chi connectivity index (χ0) is 22.1. The van der Waals surface area contributed by atoms with Gasteiger partial charge in [-0.3, -0.25) is 9.59 Å². The van der Waals surface area contributed by atoms with Crippen LogP contribution >= 0.6 is 11.8 Å². The normalized spacial score (nSPS) is 11.9. The summed E-state index contributed by atoms with van der Waals surface area (Å²) in [5.41, 5.74) is 4.67. The van der Waals surface area contributed by atoms with Gasteiger partial charge in [-0.05, 0) is 43.4 Å². The van der Waals surface area contributed by atoms with E-state index in [0.29, 0.717) is 24.8 Å². The quantitative estimate of drug-likeness (QED) is 0.598. The minimum absolute atomic E-state index is 0.0126. The number of benzene rings is 2. The maximum atomic E-state index is 13.1. The molecule has 2 amide bonds. The Morgan fingerprint density at radius 3 is 2.30 bits per heavy atom. The summed E-state index contributed by atoms with van der Waals surface area (Å²) in [5, 5.41) is 2.96. The molecule has 1 N–H and O–H groups in total. The van der Waals surface area contributed by atoms with Crippen LogP contribution in [0.1, 0.15) is 43.0 Å². The highest BCUT2D eigenvalue weighted by atomic mass is 32.2. The molecule has 2 rings (SSSR count). The Labute approximate surface area is 185 Å². The summed E-state index contributed by atoms with van der Waals surface area (Å²) in [6.45, 7) is 11.1. The molecule has 2 aromatic rings. The van der Waals surface area contributed by atoms with Gasteiger partial charge < -0.3 is 10.2 Å². The summed E-state index contributed by atoms with van der Waals surface area (Å²) in [6.07, 6.45) is 0. The van der Waals surface area contributed by atoms with E-state index in [1.807, 2.05) is 50.2 Å². The predicted molar refractivity (Wildman–Crippen MR) is 126 cm³/mol. The summed E-state index contributed by atoms with van der Waals surface area (Å²) < 4.78 is 0. The second kappa shape index (κ2) is 11.8. The molecule has 2 aromatic carbocycles. The van der Waals surface area contributed by atoms with Crippen LogP contribution in [0.4, 0.5) is 0 Å². The molecule has 5 heteroatoms. The molecule has 0 radical (unpaired) electrons. The maximum absolute atomic E-state index is 13.1. The van der Waals surface area contributed by atoms with Gasteiger partial charge in [-0.2, -0.15) is 0 Å². The van der Waals surface area contributed by atoms with Crippen LogP contribution in [0.3, 0.4) is 0 Å². The van der Waals surface area contributed by atoms with Gasteiger partial charge in [-0.15, -0.1) is 11.8 Å². The van der Waals surface area contributed by atoms with Gasteiger partial charge in [0.2, 0.25) is 11.8 Å². The molecule has 0 bridgehead atoms. The van der Waals surface area contributed by atoms with Crippen LogP contribution in [0.25, 0.3) is 0 Å². The van der Waals surface area contributed by atoms with Crippen molar-refractivity contribution in [2.75, 3.05) is 12.3 Å². The van der Waals surface area contributed by atoms with Gasteiger partial charge in [-0.1, -0.05) is 67.9 Å². The Morgan fingerprint density at radius 1 is 1.00 bits per heavy atom. The van der Waals surface area contributed by atoms with Gasteiger partial charge in [0.05, 0.1) is 5.75 Å². The van der Waals surface area contributed by atoms with Crippen molar-refractivity contribution in [3.05, 3.63) is 70.8 Å². The van der Waals surface area contributed by atoms with Crippen LogP contribution in [-0.2, 0) is 21.9 Å². The summed E-state index contributed by atoms with van der Waals surface area (Å²) in [4.78, 5) is 27.5. The minimum Gasteiger partial charge on any atom is -0.354 e. The highest BCUT2D eigenvalue weighted by Gasteiger charge is 2.26. The minimum atomic E-state index is -0.517. The third-order valence-electron chi connectivity index (χ3n) is 5.07. The zero-order valence-corrected chi connectivity index (χ0v) is 19.6. The molecule has 4 nitrogen and oxygen atoms in total. The first-order valence-corrected chi connectivity index (χ1v) is 11.7. The van der Waals surface area contributed by atoms with E-state index < -0.39 is 6.04 Å². The molecule has 0 heterocycles. The average Bonchev–Trinajstić information content (AvgIpc) is 2.72. The molecule has 0 aromatic heterocycles. The molecular weight excluding hydrogens is 392 g/mol. The lowest BCUT2D eigenvalue weighted by molar-refractivity contribution is -0.138. The largest absolute Gasteiger partial charge is 0.354 e. The van der Waals surface area contributed by atoms with E-state index in [1.165, 1.54) is 16.7 Å². The second-order valence-corrected chi connectivity index (χ2v) is 9.23. The Hall–Kier alpha value is -2.27. The van der Waals surface area contributed by atoms with Crippen molar-refractivity contribution in [3.63, 3.8) is 0 Å². The molecule has 0 aliphatic carbocycles. The van der Waals surface area contributed by atoms with Crippen molar-refractivity contribution in [1.29, 1.82) is 0 Å². The van der Waals surface area contributed by atoms with Gasteiger partial charge in [0.15, 0.2) is 0 Å². The zero-order valence-electron chi connectivity index (χ0n) is 18.8. The summed E-state index contributed by atoms with van der Waals surface area (Å²) in [6, 6.07) is 15.8. The molecule has 0 unspecified atom stereocenters. The predicted octanol–water partition coefficient (Wildman–Crippen LogP) is 4.73. The number of rotatable bonds is 10. The monoisotopic (exact) mass is 426 g/mol. The van der Waals surface area contributed by atoms with Crippen molar-refractivity contribution in [2.24, 2.45) is 5.92 Å². The number of thioether (sulfide) groups is 1. The van der Waals surface area contributed by atoms with Gasteiger partial charge in [0, 0.05) is 18.8 Å². The molecule has 0 spiro atoms. The number of carbonyl (C=O) groups is 2. The van der Waals surface area contributed by atoms with Crippen molar-refractivity contribution < 1.29 is 9.59 Å². The lowest BCUT2D eigenvalue weighted by atomic mass is 10.1. The third-order valence-corrected chi connectivity index (χ3v) is 6.04. The Balaban J connectivity index is 2.06. The fraction of sp³-hybridized carbons (Fsp3) is 0.440. The Morgan fingerprint density at radius 2 is 1.67 bits per heavy atom. The fourth-order valence-electron chi connectivity index (χ4n) is 3.03. The number of aryl methyl sites for hydroxylation is 2. The van der Waals surface area contributed by atoms with Crippen LogP contribution < -0.4 is 5.32 Å². The molecular formula is C25H34N2O2S. The van der Waals surface area contributed by atoms with Gasteiger partial charge in [0.25, 0.3) is 0 Å². The fourth-order valence-corrected chi connectivity index (χ4v) is 4.01.